The first-order chi connectivity index (χ1) is 12.4. The molecule has 1 aromatic rings. The van der Waals surface area contributed by atoms with E-state index in [9.17, 15) is 23.5 Å². The average molecular weight is 367 g/mol. The first-order valence-electron chi connectivity index (χ1n) is 9.18. The van der Waals surface area contributed by atoms with Gasteiger partial charge in [-0.25, -0.2) is 0 Å². The fourth-order valence-corrected chi connectivity index (χ4v) is 4.05. The first-order valence-corrected chi connectivity index (χ1v) is 9.18. The van der Waals surface area contributed by atoms with E-state index in [1.807, 2.05) is 6.07 Å². The molecule has 142 valence electrons. The molecule has 0 radical (unpaired) electrons. The van der Waals surface area contributed by atoms with Crippen LogP contribution in [0.5, 0.6) is 0 Å². The van der Waals surface area contributed by atoms with Crippen molar-refractivity contribution in [2.75, 3.05) is 18.4 Å². The summed E-state index contributed by atoms with van der Waals surface area (Å²) in [6.45, 7) is 1.70. The highest BCUT2D eigenvalue weighted by Crippen LogP contribution is 2.32. The molecule has 0 spiro atoms. The van der Waals surface area contributed by atoms with Gasteiger partial charge in [-0.2, -0.15) is 18.4 Å². The number of halogens is 3. The summed E-state index contributed by atoms with van der Waals surface area (Å²) in [5, 5.41) is 22.6. The maximum atomic E-state index is 12.8. The van der Waals surface area contributed by atoms with E-state index in [2.05, 4.69) is 10.2 Å². The minimum Gasteiger partial charge on any atom is -0.391 e. The molecule has 0 amide bonds. The van der Waals surface area contributed by atoms with Crippen LogP contribution in [0.4, 0.5) is 18.9 Å². The standard InChI is InChI=1S/C19H24F3N3O/c20-19(21,22)14-5-6-16(13(11-14)12-23)24-15-7-9-25(10-8-15)17-3-1-2-4-18(17)26/h5-6,11,15,17-18,24,26H,1-4,7-10H2. The van der Waals surface area contributed by atoms with E-state index < -0.39 is 11.7 Å². The second kappa shape index (κ2) is 7.85. The van der Waals surface area contributed by atoms with Crippen molar-refractivity contribution in [2.45, 2.75) is 62.9 Å². The van der Waals surface area contributed by atoms with Gasteiger partial charge in [0.1, 0.15) is 6.07 Å². The van der Waals surface area contributed by atoms with Gasteiger partial charge in [0.2, 0.25) is 0 Å². The summed E-state index contributed by atoms with van der Waals surface area (Å²) < 4.78 is 38.4. The predicted molar refractivity (Wildman–Crippen MR) is 92.6 cm³/mol. The third-order valence-electron chi connectivity index (χ3n) is 5.52. The van der Waals surface area contributed by atoms with Gasteiger partial charge in [0.05, 0.1) is 22.9 Å². The molecule has 1 saturated heterocycles. The predicted octanol–water partition coefficient (Wildman–Crippen LogP) is 3.76. The Labute approximate surface area is 151 Å². The number of benzene rings is 1. The number of hydrogen-bond donors (Lipinski definition) is 2. The van der Waals surface area contributed by atoms with E-state index in [0.29, 0.717) is 5.69 Å². The maximum absolute atomic E-state index is 12.8. The Morgan fingerprint density at radius 3 is 2.42 bits per heavy atom. The molecule has 2 fully saturated rings. The zero-order valence-electron chi connectivity index (χ0n) is 14.6. The number of anilines is 1. The van der Waals surface area contributed by atoms with Gasteiger partial charge in [0, 0.05) is 25.2 Å². The van der Waals surface area contributed by atoms with Crippen molar-refractivity contribution in [1.82, 2.24) is 4.90 Å². The molecular formula is C19H24F3N3O. The molecule has 1 saturated carbocycles. The summed E-state index contributed by atoms with van der Waals surface area (Å²) in [5.41, 5.74) is -0.331. The molecule has 1 heterocycles. The molecule has 1 aliphatic heterocycles. The van der Waals surface area contributed by atoms with Crippen LogP contribution in [0.3, 0.4) is 0 Å². The normalized spacial score (nSPS) is 25.7. The van der Waals surface area contributed by atoms with Crippen LogP contribution in [-0.4, -0.2) is 41.3 Å². The molecule has 7 heteroatoms. The fraction of sp³-hybridized carbons (Fsp3) is 0.632. The lowest BCUT2D eigenvalue weighted by Gasteiger charge is -2.41. The number of rotatable bonds is 3. The third kappa shape index (κ3) is 4.30. The average Bonchev–Trinajstić information content (AvgIpc) is 2.62. The van der Waals surface area contributed by atoms with E-state index in [0.717, 1.165) is 63.7 Å². The van der Waals surface area contributed by atoms with Crippen LogP contribution in [0.25, 0.3) is 0 Å². The number of aliphatic hydroxyl groups is 1. The van der Waals surface area contributed by atoms with E-state index in [4.69, 9.17) is 0 Å². The lowest BCUT2D eigenvalue weighted by Crippen LogP contribution is -2.50. The van der Waals surface area contributed by atoms with Gasteiger partial charge < -0.3 is 10.4 Å². The Morgan fingerprint density at radius 2 is 1.81 bits per heavy atom. The second-order valence-corrected chi connectivity index (χ2v) is 7.24. The van der Waals surface area contributed by atoms with Crippen LogP contribution >= 0.6 is 0 Å². The number of alkyl halides is 3. The van der Waals surface area contributed by atoms with E-state index in [1.165, 1.54) is 6.07 Å². The number of nitrogens with one attached hydrogen (secondary N) is 1. The second-order valence-electron chi connectivity index (χ2n) is 7.24. The fourth-order valence-electron chi connectivity index (χ4n) is 4.05. The molecule has 0 aromatic heterocycles. The Morgan fingerprint density at radius 1 is 1.12 bits per heavy atom. The smallest absolute Gasteiger partial charge is 0.391 e. The zero-order valence-corrected chi connectivity index (χ0v) is 14.6. The highest BCUT2D eigenvalue weighted by Gasteiger charge is 2.33. The molecule has 1 aromatic carbocycles. The number of nitrogens with zero attached hydrogens (tertiary/aromatic N) is 2. The molecule has 3 rings (SSSR count). The van der Waals surface area contributed by atoms with Gasteiger partial charge >= 0.3 is 6.18 Å². The van der Waals surface area contributed by atoms with E-state index >= 15 is 0 Å². The summed E-state index contributed by atoms with van der Waals surface area (Å²) in [4.78, 5) is 2.33. The van der Waals surface area contributed by atoms with Crippen LogP contribution in [0.2, 0.25) is 0 Å². The van der Waals surface area contributed by atoms with Crippen molar-refractivity contribution in [3.05, 3.63) is 29.3 Å². The number of hydrogen-bond acceptors (Lipinski definition) is 4. The maximum Gasteiger partial charge on any atom is 0.416 e. The Kier molecular flexibility index (Phi) is 5.73. The van der Waals surface area contributed by atoms with Gasteiger partial charge in [-0.15, -0.1) is 0 Å². The minimum absolute atomic E-state index is 0.0185. The molecule has 4 nitrogen and oxygen atoms in total. The SMILES string of the molecule is N#Cc1cc(C(F)(F)F)ccc1NC1CCN(C2CCCCC2O)CC1. The highest BCUT2D eigenvalue weighted by atomic mass is 19.4. The van der Waals surface area contributed by atoms with Gasteiger partial charge in [0.15, 0.2) is 0 Å². The van der Waals surface area contributed by atoms with Crippen molar-refractivity contribution in [2.24, 2.45) is 0 Å². The Hall–Kier alpha value is -1.78. The van der Waals surface area contributed by atoms with Crippen LogP contribution in [0.1, 0.15) is 49.7 Å². The zero-order chi connectivity index (χ0) is 18.7. The molecule has 2 unspecified atom stereocenters. The summed E-state index contributed by atoms with van der Waals surface area (Å²) in [5.74, 6) is 0. The van der Waals surface area contributed by atoms with Crippen LogP contribution in [0.15, 0.2) is 18.2 Å². The lowest BCUT2D eigenvalue weighted by atomic mass is 9.89. The van der Waals surface area contributed by atoms with Gasteiger partial charge in [0.25, 0.3) is 0 Å². The summed E-state index contributed by atoms with van der Waals surface area (Å²) in [7, 11) is 0. The summed E-state index contributed by atoms with van der Waals surface area (Å²) >= 11 is 0. The summed E-state index contributed by atoms with van der Waals surface area (Å²) in [6, 6.07) is 5.46. The molecule has 2 aliphatic rings. The Bertz CT molecular complexity index is 663. The largest absolute Gasteiger partial charge is 0.416 e. The molecule has 2 N–H and O–H groups in total. The van der Waals surface area contributed by atoms with Crippen molar-refractivity contribution in [3.63, 3.8) is 0 Å². The Balaban J connectivity index is 1.60. The number of aliphatic hydroxyl groups excluding tert-OH is 1. The topological polar surface area (TPSA) is 59.3 Å². The minimum atomic E-state index is -4.45. The molecule has 26 heavy (non-hydrogen) atoms. The number of likely N-dealkylation sites (tertiary alicyclic amines) is 1. The molecule has 2 atom stereocenters. The highest BCUT2D eigenvalue weighted by molar-refractivity contribution is 5.59. The monoisotopic (exact) mass is 367 g/mol. The van der Waals surface area contributed by atoms with Crippen molar-refractivity contribution in [3.8, 4) is 6.07 Å². The lowest BCUT2D eigenvalue weighted by molar-refractivity contribution is -0.137. The van der Waals surface area contributed by atoms with Crippen LogP contribution in [0, 0.1) is 11.3 Å². The van der Waals surface area contributed by atoms with Crippen molar-refractivity contribution >= 4 is 5.69 Å². The molecule has 0 bridgehead atoms. The van der Waals surface area contributed by atoms with Crippen molar-refractivity contribution in [1.29, 1.82) is 5.26 Å². The van der Waals surface area contributed by atoms with Gasteiger partial charge in [-0.3, -0.25) is 4.90 Å². The number of piperidine rings is 1. The van der Waals surface area contributed by atoms with Gasteiger partial charge in [-0.05, 0) is 43.9 Å². The quantitative estimate of drug-likeness (QED) is 0.854. The first kappa shape index (κ1) is 19.0. The van der Waals surface area contributed by atoms with E-state index in [-0.39, 0.29) is 23.8 Å². The van der Waals surface area contributed by atoms with Crippen molar-refractivity contribution < 1.29 is 18.3 Å². The number of nitriles is 1. The molecular weight excluding hydrogens is 343 g/mol. The van der Waals surface area contributed by atoms with Gasteiger partial charge in [-0.1, -0.05) is 12.8 Å². The van der Waals surface area contributed by atoms with Crippen LogP contribution in [-0.2, 0) is 6.18 Å². The van der Waals surface area contributed by atoms with E-state index in [1.54, 1.807) is 0 Å². The summed E-state index contributed by atoms with van der Waals surface area (Å²) in [6.07, 6.45) is 1.10. The molecule has 1 aliphatic carbocycles. The van der Waals surface area contributed by atoms with Crippen LogP contribution < -0.4 is 5.32 Å². The third-order valence-corrected chi connectivity index (χ3v) is 5.52.